The Morgan fingerprint density at radius 3 is 2.52 bits per heavy atom. The normalized spacial score (nSPS) is 12.2. The van der Waals surface area contributed by atoms with E-state index < -0.39 is 0 Å². The molecule has 21 heavy (non-hydrogen) atoms. The molecule has 1 heterocycles. The Bertz CT molecular complexity index is 679. The summed E-state index contributed by atoms with van der Waals surface area (Å²) in [7, 11) is 1.91. The lowest BCUT2D eigenvalue weighted by molar-refractivity contribution is 0.559. The summed E-state index contributed by atoms with van der Waals surface area (Å²) in [6.07, 6.45) is 0.807. The molecule has 0 radical (unpaired) electrons. The average molecular weight is 279 g/mol. The number of benzene rings is 2. The standard InChI is InChI=1S/C16H17N5/c1-17-15(16-18-20-21-19-16)11-13-9-5-6-10-14(13)12-7-3-2-4-8-12/h2-10,15,17H,11H2,1H3,(H,18,19,20,21)/t15-/m0/s1. The van der Waals surface area contributed by atoms with E-state index in [1.807, 2.05) is 13.1 Å². The third kappa shape index (κ3) is 2.98. The monoisotopic (exact) mass is 279 g/mol. The molecule has 0 unspecified atom stereocenters. The van der Waals surface area contributed by atoms with Crippen molar-refractivity contribution in [3.05, 3.63) is 66.0 Å². The van der Waals surface area contributed by atoms with E-state index in [-0.39, 0.29) is 6.04 Å². The molecule has 0 aliphatic heterocycles. The minimum atomic E-state index is 0.0358. The molecule has 1 atom stereocenters. The van der Waals surface area contributed by atoms with Crippen molar-refractivity contribution in [1.82, 2.24) is 25.9 Å². The quantitative estimate of drug-likeness (QED) is 0.752. The summed E-state index contributed by atoms with van der Waals surface area (Å²) in [6, 6.07) is 18.8. The van der Waals surface area contributed by atoms with Crippen LogP contribution in [0, 0.1) is 0 Å². The van der Waals surface area contributed by atoms with Gasteiger partial charge in [-0.15, -0.1) is 10.2 Å². The first kappa shape index (κ1) is 13.5. The molecule has 0 saturated carbocycles. The Hall–Kier alpha value is -2.53. The lowest BCUT2D eigenvalue weighted by Gasteiger charge is -2.15. The molecule has 3 aromatic rings. The Balaban J connectivity index is 1.92. The molecule has 0 saturated heterocycles. The maximum atomic E-state index is 4.08. The predicted octanol–water partition coefficient (Wildman–Crippen LogP) is 2.37. The van der Waals surface area contributed by atoms with Crippen LogP contribution in [0.4, 0.5) is 0 Å². The molecule has 2 N–H and O–H groups in total. The van der Waals surface area contributed by atoms with Gasteiger partial charge in [0.1, 0.15) is 0 Å². The molecular weight excluding hydrogens is 262 g/mol. The van der Waals surface area contributed by atoms with Crippen LogP contribution >= 0.6 is 0 Å². The Morgan fingerprint density at radius 1 is 1.05 bits per heavy atom. The SMILES string of the molecule is CN[C@@H](Cc1ccccc1-c1ccccc1)c1nn[nH]n1. The van der Waals surface area contributed by atoms with Crippen molar-refractivity contribution < 1.29 is 0 Å². The van der Waals surface area contributed by atoms with Gasteiger partial charge >= 0.3 is 0 Å². The van der Waals surface area contributed by atoms with Gasteiger partial charge in [-0.25, -0.2) is 0 Å². The van der Waals surface area contributed by atoms with Crippen molar-refractivity contribution in [2.24, 2.45) is 0 Å². The van der Waals surface area contributed by atoms with Gasteiger partial charge in [0.25, 0.3) is 0 Å². The van der Waals surface area contributed by atoms with Gasteiger partial charge in [0.05, 0.1) is 6.04 Å². The van der Waals surface area contributed by atoms with Crippen molar-refractivity contribution in [2.75, 3.05) is 7.05 Å². The lowest BCUT2D eigenvalue weighted by atomic mass is 9.95. The van der Waals surface area contributed by atoms with E-state index in [2.05, 4.69) is 74.5 Å². The number of tetrazole rings is 1. The molecule has 0 amide bonds. The largest absolute Gasteiger partial charge is 0.310 e. The van der Waals surface area contributed by atoms with Crippen LogP contribution < -0.4 is 5.32 Å². The maximum absolute atomic E-state index is 4.08. The summed E-state index contributed by atoms with van der Waals surface area (Å²) in [5, 5.41) is 17.5. The highest BCUT2D eigenvalue weighted by atomic mass is 15.5. The van der Waals surface area contributed by atoms with Crippen molar-refractivity contribution in [3.8, 4) is 11.1 Å². The number of likely N-dealkylation sites (N-methyl/N-ethyl adjacent to an activating group) is 1. The second-order valence-corrected chi connectivity index (χ2v) is 4.84. The fraction of sp³-hybridized carbons (Fsp3) is 0.188. The van der Waals surface area contributed by atoms with Crippen LogP contribution in [0.25, 0.3) is 11.1 Å². The highest BCUT2D eigenvalue weighted by Gasteiger charge is 2.16. The number of aromatic nitrogens is 4. The fourth-order valence-corrected chi connectivity index (χ4v) is 2.46. The first-order chi connectivity index (χ1) is 10.4. The van der Waals surface area contributed by atoms with Gasteiger partial charge in [0, 0.05) is 0 Å². The molecule has 0 fully saturated rings. The Kier molecular flexibility index (Phi) is 4.02. The van der Waals surface area contributed by atoms with E-state index in [0.29, 0.717) is 5.82 Å². The van der Waals surface area contributed by atoms with Gasteiger partial charge in [-0.05, 0) is 30.2 Å². The van der Waals surface area contributed by atoms with Gasteiger partial charge in [0.15, 0.2) is 5.82 Å². The molecule has 3 rings (SSSR count). The molecule has 2 aromatic carbocycles. The van der Waals surface area contributed by atoms with Crippen molar-refractivity contribution in [1.29, 1.82) is 0 Å². The Morgan fingerprint density at radius 2 is 1.81 bits per heavy atom. The number of hydrogen-bond donors (Lipinski definition) is 2. The van der Waals surface area contributed by atoms with Gasteiger partial charge in [-0.3, -0.25) is 0 Å². The summed E-state index contributed by atoms with van der Waals surface area (Å²) >= 11 is 0. The predicted molar refractivity (Wildman–Crippen MR) is 81.6 cm³/mol. The maximum Gasteiger partial charge on any atom is 0.191 e. The summed E-state index contributed by atoms with van der Waals surface area (Å²) < 4.78 is 0. The second-order valence-electron chi connectivity index (χ2n) is 4.84. The highest BCUT2D eigenvalue weighted by Crippen LogP contribution is 2.26. The molecule has 0 spiro atoms. The molecule has 5 heteroatoms. The van der Waals surface area contributed by atoms with Crippen molar-refractivity contribution in [2.45, 2.75) is 12.5 Å². The zero-order valence-electron chi connectivity index (χ0n) is 11.8. The minimum absolute atomic E-state index is 0.0358. The zero-order chi connectivity index (χ0) is 14.5. The molecule has 1 aromatic heterocycles. The summed E-state index contributed by atoms with van der Waals surface area (Å²) in [4.78, 5) is 0. The molecular formula is C16H17N5. The average Bonchev–Trinajstić information content (AvgIpc) is 3.08. The van der Waals surface area contributed by atoms with Crippen molar-refractivity contribution in [3.63, 3.8) is 0 Å². The lowest BCUT2D eigenvalue weighted by Crippen LogP contribution is -2.20. The van der Waals surface area contributed by atoms with Gasteiger partial charge in [0.2, 0.25) is 0 Å². The highest BCUT2D eigenvalue weighted by molar-refractivity contribution is 5.67. The molecule has 0 bridgehead atoms. The topological polar surface area (TPSA) is 66.5 Å². The van der Waals surface area contributed by atoms with E-state index in [9.17, 15) is 0 Å². The van der Waals surface area contributed by atoms with Gasteiger partial charge in [-0.2, -0.15) is 5.21 Å². The summed E-state index contributed by atoms with van der Waals surface area (Å²) in [6.45, 7) is 0. The third-order valence-electron chi connectivity index (χ3n) is 3.55. The van der Waals surface area contributed by atoms with E-state index in [1.165, 1.54) is 16.7 Å². The van der Waals surface area contributed by atoms with E-state index in [4.69, 9.17) is 0 Å². The number of hydrogen-bond acceptors (Lipinski definition) is 4. The number of nitrogens with one attached hydrogen (secondary N) is 2. The number of nitrogens with zero attached hydrogens (tertiary/aromatic N) is 3. The first-order valence-corrected chi connectivity index (χ1v) is 6.92. The van der Waals surface area contributed by atoms with Crippen LogP contribution in [0.15, 0.2) is 54.6 Å². The van der Waals surface area contributed by atoms with Crippen molar-refractivity contribution >= 4 is 0 Å². The molecule has 0 aliphatic carbocycles. The molecule has 5 nitrogen and oxygen atoms in total. The van der Waals surface area contributed by atoms with Crippen LogP contribution in [0.1, 0.15) is 17.4 Å². The molecule has 0 aliphatic rings. The number of H-pyrrole nitrogens is 1. The van der Waals surface area contributed by atoms with Gasteiger partial charge < -0.3 is 5.32 Å². The van der Waals surface area contributed by atoms with Crippen LogP contribution in [0.2, 0.25) is 0 Å². The summed E-state index contributed by atoms with van der Waals surface area (Å²) in [5.74, 6) is 0.681. The molecule has 106 valence electrons. The van der Waals surface area contributed by atoms with Crippen LogP contribution in [-0.4, -0.2) is 27.7 Å². The fourth-order valence-electron chi connectivity index (χ4n) is 2.46. The van der Waals surface area contributed by atoms with E-state index >= 15 is 0 Å². The minimum Gasteiger partial charge on any atom is -0.310 e. The van der Waals surface area contributed by atoms with Crippen LogP contribution in [-0.2, 0) is 6.42 Å². The second kappa shape index (κ2) is 6.28. The third-order valence-corrected chi connectivity index (χ3v) is 3.55. The smallest absolute Gasteiger partial charge is 0.191 e. The summed E-state index contributed by atoms with van der Waals surface area (Å²) in [5.41, 5.74) is 3.71. The van der Waals surface area contributed by atoms with Crippen LogP contribution in [0.5, 0.6) is 0 Å². The zero-order valence-corrected chi connectivity index (χ0v) is 11.8. The van der Waals surface area contributed by atoms with E-state index in [1.54, 1.807) is 0 Å². The number of rotatable bonds is 5. The Labute approximate surface area is 123 Å². The van der Waals surface area contributed by atoms with E-state index in [0.717, 1.165) is 6.42 Å². The first-order valence-electron chi connectivity index (χ1n) is 6.92. The number of aromatic amines is 1. The van der Waals surface area contributed by atoms with Gasteiger partial charge in [-0.1, -0.05) is 59.8 Å². The van der Waals surface area contributed by atoms with Crippen LogP contribution in [0.3, 0.4) is 0 Å².